The van der Waals surface area contributed by atoms with E-state index in [1.165, 1.54) is 23.9 Å². The number of hydrogen-bond donors (Lipinski definition) is 2. The van der Waals surface area contributed by atoms with Crippen LogP contribution in [0.5, 0.6) is 0 Å². The molecule has 1 aliphatic carbocycles. The van der Waals surface area contributed by atoms with E-state index < -0.39 is 0 Å². The summed E-state index contributed by atoms with van der Waals surface area (Å²) in [6, 6.07) is 0. The highest BCUT2D eigenvalue weighted by Crippen LogP contribution is 2.31. The molecule has 0 saturated heterocycles. The number of aryl methyl sites for hydroxylation is 1. The van der Waals surface area contributed by atoms with Crippen LogP contribution in [-0.4, -0.2) is 42.2 Å². The van der Waals surface area contributed by atoms with Crippen LogP contribution in [0.2, 0.25) is 0 Å². The van der Waals surface area contributed by atoms with E-state index in [0.717, 1.165) is 29.4 Å². The van der Waals surface area contributed by atoms with E-state index >= 15 is 0 Å². The van der Waals surface area contributed by atoms with Crippen LogP contribution in [0, 0.1) is 19.8 Å². The monoisotopic (exact) mass is 318 g/mol. The van der Waals surface area contributed by atoms with E-state index in [1.54, 1.807) is 0 Å². The van der Waals surface area contributed by atoms with E-state index in [1.807, 2.05) is 18.5 Å². The van der Waals surface area contributed by atoms with Gasteiger partial charge in [0.1, 0.15) is 6.33 Å². The fraction of sp³-hybridized carbons (Fsp3) is 0.600. The molecule has 0 atom stereocenters. The third-order valence-corrected chi connectivity index (χ3v) is 4.11. The van der Waals surface area contributed by atoms with Crippen LogP contribution in [0.1, 0.15) is 29.8 Å². The number of rotatable bonds is 7. The summed E-state index contributed by atoms with van der Waals surface area (Å²) >= 11 is 0. The third-order valence-electron chi connectivity index (χ3n) is 4.11. The summed E-state index contributed by atoms with van der Waals surface area (Å²) in [5, 5.41) is 20.2. The molecule has 23 heavy (non-hydrogen) atoms. The second kappa shape index (κ2) is 6.49. The molecule has 2 aromatic rings. The summed E-state index contributed by atoms with van der Waals surface area (Å²) in [5.74, 6) is 0.836. The van der Waals surface area contributed by atoms with Gasteiger partial charge in [-0.05, 0) is 32.6 Å². The number of aliphatic hydroxyl groups is 1. The van der Waals surface area contributed by atoms with Crippen molar-refractivity contribution in [3.8, 4) is 0 Å². The van der Waals surface area contributed by atoms with Crippen LogP contribution in [0.3, 0.4) is 0 Å². The standard InChI is InChI=1S/C15H22N6O2/c1-10-13(11(2)21(18-10)8-12-3-4-12)7-14(23)17-15-16-9-20(19-15)5-6-22/h9,12,22H,3-8H2,1-2H3,(H,17,19,23). The maximum absolute atomic E-state index is 12.2. The zero-order valence-electron chi connectivity index (χ0n) is 13.5. The van der Waals surface area contributed by atoms with Gasteiger partial charge in [-0.3, -0.25) is 14.8 Å². The second-order valence-electron chi connectivity index (χ2n) is 6.05. The molecule has 8 nitrogen and oxygen atoms in total. The van der Waals surface area contributed by atoms with Gasteiger partial charge in [-0.25, -0.2) is 9.67 Å². The Morgan fingerprint density at radius 2 is 2.17 bits per heavy atom. The number of aliphatic hydroxyl groups excluding tert-OH is 1. The normalized spacial score (nSPS) is 14.2. The number of carbonyl (C=O) groups excluding carboxylic acids is 1. The molecule has 1 fully saturated rings. The number of anilines is 1. The van der Waals surface area contributed by atoms with Gasteiger partial charge < -0.3 is 5.11 Å². The topological polar surface area (TPSA) is 97.9 Å². The minimum absolute atomic E-state index is 0.0185. The predicted octanol–water partition coefficient (Wildman–Crippen LogP) is 0.675. The first-order chi connectivity index (χ1) is 11.1. The van der Waals surface area contributed by atoms with Crippen LogP contribution in [0.4, 0.5) is 5.95 Å². The van der Waals surface area contributed by atoms with E-state index in [2.05, 4.69) is 20.5 Å². The van der Waals surface area contributed by atoms with Crippen molar-refractivity contribution in [2.75, 3.05) is 11.9 Å². The van der Waals surface area contributed by atoms with Gasteiger partial charge in [-0.1, -0.05) is 0 Å². The number of amides is 1. The molecule has 2 aromatic heterocycles. The maximum Gasteiger partial charge on any atom is 0.248 e. The Labute approximate surface area is 134 Å². The van der Waals surface area contributed by atoms with Crippen molar-refractivity contribution in [2.45, 2.75) is 46.2 Å². The minimum atomic E-state index is -0.163. The molecule has 8 heteroatoms. The zero-order chi connectivity index (χ0) is 16.4. The van der Waals surface area contributed by atoms with Crippen molar-refractivity contribution in [3.63, 3.8) is 0 Å². The van der Waals surface area contributed by atoms with Crippen LogP contribution in [0.25, 0.3) is 0 Å². The molecule has 0 aliphatic heterocycles. The molecule has 124 valence electrons. The van der Waals surface area contributed by atoms with E-state index in [4.69, 9.17) is 5.11 Å². The lowest BCUT2D eigenvalue weighted by molar-refractivity contribution is -0.115. The van der Waals surface area contributed by atoms with Crippen molar-refractivity contribution >= 4 is 11.9 Å². The average molecular weight is 318 g/mol. The summed E-state index contributed by atoms with van der Waals surface area (Å²) in [6.45, 7) is 5.23. The van der Waals surface area contributed by atoms with Gasteiger partial charge in [0.25, 0.3) is 0 Å². The van der Waals surface area contributed by atoms with Gasteiger partial charge in [0.2, 0.25) is 11.9 Å². The van der Waals surface area contributed by atoms with Gasteiger partial charge in [0.05, 0.1) is 25.3 Å². The molecule has 1 saturated carbocycles. The molecule has 0 spiro atoms. The predicted molar refractivity (Wildman–Crippen MR) is 83.9 cm³/mol. The summed E-state index contributed by atoms with van der Waals surface area (Å²) in [5.41, 5.74) is 2.93. The van der Waals surface area contributed by atoms with Crippen LogP contribution in [0.15, 0.2) is 6.33 Å². The van der Waals surface area contributed by atoms with Crippen LogP contribution in [-0.2, 0) is 24.3 Å². The lowest BCUT2D eigenvalue weighted by atomic mass is 10.1. The number of aromatic nitrogens is 5. The lowest BCUT2D eigenvalue weighted by Gasteiger charge is -2.04. The first kappa shape index (κ1) is 15.7. The highest BCUT2D eigenvalue weighted by Gasteiger charge is 2.24. The Morgan fingerprint density at radius 1 is 1.39 bits per heavy atom. The molecule has 3 rings (SSSR count). The van der Waals surface area contributed by atoms with Crippen molar-refractivity contribution < 1.29 is 9.90 Å². The second-order valence-corrected chi connectivity index (χ2v) is 6.05. The minimum Gasteiger partial charge on any atom is -0.394 e. The van der Waals surface area contributed by atoms with Gasteiger partial charge in [-0.15, -0.1) is 5.10 Å². The Morgan fingerprint density at radius 3 is 2.87 bits per heavy atom. The number of nitrogens with one attached hydrogen (secondary N) is 1. The molecule has 2 N–H and O–H groups in total. The summed E-state index contributed by atoms with van der Waals surface area (Å²) in [6.07, 6.45) is 4.29. The number of hydrogen-bond acceptors (Lipinski definition) is 5. The Bertz CT molecular complexity index is 701. The Kier molecular flexibility index (Phi) is 4.42. The molecule has 2 heterocycles. The van der Waals surface area contributed by atoms with Crippen LogP contribution < -0.4 is 5.32 Å². The van der Waals surface area contributed by atoms with Gasteiger partial charge >= 0.3 is 0 Å². The summed E-state index contributed by atoms with van der Waals surface area (Å²) in [7, 11) is 0. The van der Waals surface area contributed by atoms with E-state index in [9.17, 15) is 4.79 Å². The highest BCUT2D eigenvalue weighted by atomic mass is 16.3. The van der Waals surface area contributed by atoms with Crippen molar-refractivity contribution in [1.29, 1.82) is 0 Å². The molecule has 0 unspecified atom stereocenters. The van der Waals surface area contributed by atoms with Gasteiger partial charge in [0, 0.05) is 17.8 Å². The van der Waals surface area contributed by atoms with E-state index in [-0.39, 0.29) is 24.9 Å². The first-order valence-electron chi connectivity index (χ1n) is 7.90. The molecule has 0 radical (unpaired) electrons. The molecule has 1 amide bonds. The SMILES string of the molecule is Cc1nn(CC2CC2)c(C)c1CC(=O)Nc1ncn(CCO)n1. The largest absolute Gasteiger partial charge is 0.394 e. The summed E-state index contributed by atoms with van der Waals surface area (Å²) in [4.78, 5) is 16.2. The third kappa shape index (κ3) is 3.76. The average Bonchev–Trinajstić information content (AvgIpc) is 3.16. The van der Waals surface area contributed by atoms with E-state index in [0.29, 0.717) is 6.54 Å². The molecular formula is C15H22N6O2. The maximum atomic E-state index is 12.2. The quantitative estimate of drug-likeness (QED) is 0.782. The zero-order valence-corrected chi connectivity index (χ0v) is 13.5. The molecule has 1 aliphatic rings. The van der Waals surface area contributed by atoms with Crippen molar-refractivity contribution in [1.82, 2.24) is 24.5 Å². The van der Waals surface area contributed by atoms with Crippen LogP contribution >= 0.6 is 0 Å². The number of nitrogens with zero attached hydrogens (tertiary/aromatic N) is 5. The first-order valence-corrected chi connectivity index (χ1v) is 7.90. The van der Waals surface area contributed by atoms with Gasteiger partial charge in [-0.2, -0.15) is 5.10 Å². The van der Waals surface area contributed by atoms with Crippen molar-refractivity contribution in [2.24, 2.45) is 5.92 Å². The molecule has 0 aromatic carbocycles. The smallest absolute Gasteiger partial charge is 0.248 e. The fourth-order valence-corrected chi connectivity index (χ4v) is 2.60. The van der Waals surface area contributed by atoms with Crippen molar-refractivity contribution in [3.05, 3.63) is 23.3 Å². The highest BCUT2D eigenvalue weighted by molar-refractivity contribution is 5.90. The lowest BCUT2D eigenvalue weighted by Crippen LogP contribution is -2.17. The Balaban J connectivity index is 1.63. The Hall–Kier alpha value is -2.22. The molecular weight excluding hydrogens is 296 g/mol. The number of carbonyl (C=O) groups is 1. The van der Waals surface area contributed by atoms with Gasteiger partial charge in [0.15, 0.2) is 0 Å². The fourth-order valence-electron chi connectivity index (χ4n) is 2.60. The summed E-state index contributed by atoms with van der Waals surface area (Å²) < 4.78 is 3.50. The molecule has 0 bridgehead atoms.